The number of sulfonamides is 1. The van der Waals surface area contributed by atoms with E-state index >= 15 is 0 Å². The molecular weight excluding hydrogens is 406 g/mol. The van der Waals surface area contributed by atoms with Gasteiger partial charge in [-0.2, -0.15) is 4.31 Å². The lowest BCUT2D eigenvalue weighted by molar-refractivity contribution is 0.169. The van der Waals surface area contributed by atoms with Gasteiger partial charge in [0.1, 0.15) is 11.5 Å². The summed E-state index contributed by atoms with van der Waals surface area (Å²) in [6.45, 7) is 5.60. The average molecular weight is 436 g/mol. The minimum atomic E-state index is -3.59. The number of carbonyl (C=O) groups is 1. The zero-order valence-electron chi connectivity index (χ0n) is 17.4. The molecule has 3 rings (SSSR count). The Hall–Kier alpha value is -2.52. The van der Waals surface area contributed by atoms with E-state index in [4.69, 9.17) is 9.15 Å². The molecular formula is C21H29N3O5S. The van der Waals surface area contributed by atoms with E-state index < -0.39 is 10.0 Å². The summed E-state index contributed by atoms with van der Waals surface area (Å²) in [6, 6.07) is 10.0. The molecule has 164 valence electrons. The van der Waals surface area contributed by atoms with Crippen molar-refractivity contribution in [2.24, 2.45) is 0 Å². The minimum Gasteiger partial charge on any atom is -0.494 e. The first-order chi connectivity index (χ1) is 14.4. The molecule has 2 aromatic rings. The van der Waals surface area contributed by atoms with Crippen LogP contribution in [0.25, 0.3) is 0 Å². The second-order valence-corrected chi connectivity index (χ2v) is 9.20. The number of furan rings is 1. The van der Waals surface area contributed by atoms with Crippen molar-refractivity contribution in [3.63, 3.8) is 0 Å². The molecule has 0 spiro atoms. The SMILES string of the molecule is CCOc1ccc(S(=O)(=O)N2CCN(C(=O)NC(C)CCc3ccco3)CC2)cc1. The summed E-state index contributed by atoms with van der Waals surface area (Å²) in [5, 5.41) is 2.98. The highest BCUT2D eigenvalue weighted by Crippen LogP contribution is 2.21. The topological polar surface area (TPSA) is 92.1 Å². The van der Waals surface area contributed by atoms with Crippen LogP contribution >= 0.6 is 0 Å². The van der Waals surface area contributed by atoms with Crippen molar-refractivity contribution in [1.82, 2.24) is 14.5 Å². The molecule has 1 N–H and O–H groups in total. The predicted molar refractivity (Wildman–Crippen MR) is 113 cm³/mol. The zero-order chi connectivity index (χ0) is 21.6. The van der Waals surface area contributed by atoms with Crippen molar-refractivity contribution in [1.29, 1.82) is 0 Å². The fourth-order valence-corrected chi connectivity index (χ4v) is 4.77. The van der Waals surface area contributed by atoms with Gasteiger partial charge in [-0.1, -0.05) is 0 Å². The van der Waals surface area contributed by atoms with Crippen molar-refractivity contribution in [2.75, 3.05) is 32.8 Å². The first kappa shape index (κ1) is 22.2. The summed E-state index contributed by atoms with van der Waals surface area (Å²) >= 11 is 0. The number of benzene rings is 1. The molecule has 1 saturated heterocycles. The van der Waals surface area contributed by atoms with E-state index in [1.54, 1.807) is 35.4 Å². The van der Waals surface area contributed by atoms with Crippen molar-refractivity contribution in [2.45, 2.75) is 37.6 Å². The maximum atomic E-state index is 12.9. The number of hydrogen-bond donors (Lipinski definition) is 1. The van der Waals surface area contributed by atoms with Crippen LogP contribution in [0.2, 0.25) is 0 Å². The summed E-state index contributed by atoms with van der Waals surface area (Å²) in [5.41, 5.74) is 0. The molecule has 0 bridgehead atoms. The largest absolute Gasteiger partial charge is 0.494 e. The number of aryl methyl sites for hydroxylation is 1. The van der Waals surface area contributed by atoms with Crippen LogP contribution in [0.3, 0.4) is 0 Å². The normalized spacial score (nSPS) is 16.3. The maximum Gasteiger partial charge on any atom is 0.317 e. The molecule has 8 nitrogen and oxygen atoms in total. The lowest BCUT2D eigenvalue weighted by atomic mass is 10.1. The Kier molecular flexibility index (Phi) is 7.38. The lowest BCUT2D eigenvalue weighted by Gasteiger charge is -2.34. The first-order valence-electron chi connectivity index (χ1n) is 10.2. The highest BCUT2D eigenvalue weighted by atomic mass is 32.2. The third-order valence-electron chi connectivity index (χ3n) is 5.07. The molecule has 1 aromatic heterocycles. The van der Waals surface area contributed by atoms with Gasteiger partial charge in [0.25, 0.3) is 0 Å². The van der Waals surface area contributed by atoms with E-state index in [0.29, 0.717) is 25.4 Å². The van der Waals surface area contributed by atoms with Gasteiger partial charge in [-0.3, -0.25) is 0 Å². The van der Waals surface area contributed by atoms with E-state index in [9.17, 15) is 13.2 Å². The number of piperazine rings is 1. The number of nitrogens with zero attached hydrogens (tertiary/aromatic N) is 2. The van der Waals surface area contributed by atoms with Gasteiger partial charge in [0.15, 0.2) is 0 Å². The van der Waals surface area contributed by atoms with Crippen molar-refractivity contribution >= 4 is 16.1 Å². The summed E-state index contributed by atoms with van der Waals surface area (Å²) in [5.74, 6) is 1.53. The van der Waals surface area contributed by atoms with E-state index in [1.165, 1.54) is 4.31 Å². The van der Waals surface area contributed by atoms with Crippen molar-refractivity contribution in [3.05, 3.63) is 48.4 Å². The van der Waals surface area contributed by atoms with Crippen LogP contribution < -0.4 is 10.1 Å². The van der Waals surface area contributed by atoms with Crippen molar-refractivity contribution in [3.8, 4) is 5.75 Å². The molecule has 9 heteroatoms. The van der Waals surface area contributed by atoms with E-state index in [0.717, 1.165) is 18.6 Å². The molecule has 1 aliphatic rings. The Morgan fingerprint density at radius 1 is 1.17 bits per heavy atom. The summed E-state index contributed by atoms with van der Waals surface area (Å²) in [4.78, 5) is 14.4. The monoisotopic (exact) mass is 435 g/mol. The van der Waals surface area contributed by atoms with Gasteiger partial charge >= 0.3 is 6.03 Å². The molecule has 1 unspecified atom stereocenters. The molecule has 30 heavy (non-hydrogen) atoms. The van der Waals surface area contributed by atoms with Crippen LogP contribution in [-0.2, 0) is 16.4 Å². The van der Waals surface area contributed by atoms with Crippen LogP contribution in [0.1, 0.15) is 26.0 Å². The van der Waals surface area contributed by atoms with Crippen LogP contribution in [0.15, 0.2) is 52.0 Å². The molecule has 1 aromatic carbocycles. The van der Waals surface area contributed by atoms with Gasteiger partial charge in [0.05, 0.1) is 17.8 Å². The molecule has 2 amide bonds. The summed E-state index contributed by atoms with van der Waals surface area (Å²) in [7, 11) is -3.59. The van der Waals surface area contributed by atoms with E-state index in [1.807, 2.05) is 26.0 Å². The molecule has 1 fully saturated rings. The number of rotatable bonds is 8. The highest BCUT2D eigenvalue weighted by Gasteiger charge is 2.30. The number of nitrogens with one attached hydrogen (secondary N) is 1. The quantitative estimate of drug-likeness (QED) is 0.688. The van der Waals surface area contributed by atoms with Gasteiger partial charge in [0.2, 0.25) is 10.0 Å². The highest BCUT2D eigenvalue weighted by molar-refractivity contribution is 7.89. The van der Waals surface area contributed by atoms with Crippen LogP contribution in [0, 0.1) is 0 Å². The van der Waals surface area contributed by atoms with Gasteiger partial charge in [-0.05, 0) is 56.7 Å². The Labute approximate surface area is 177 Å². The number of amides is 2. The van der Waals surface area contributed by atoms with Crippen LogP contribution in [-0.4, -0.2) is 62.5 Å². The summed E-state index contributed by atoms with van der Waals surface area (Å²) in [6.07, 6.45) is 3.16. The van der Waals surface area contributed by atoms with E-state index in [-0.39, 0.29) is 30.1 Å². The second kappa shape index (κ2) is 9.99. The third kappa shape index (κ3) is 5.54. The van der Waals surface area contributed by atoms with Crippen LogP contribution in [0.4, 0.5) is 4.79 Å². The summed E-state index contributed by atoms with van der Waals surface area (Å²) < 4.78 is 37.8. The fourth-order valence-electron chi connectivity index (χ4n) is 3.34. The first-order valence-corrected chi connectivity index (χ1v) is 11.6. The maximum absolute atomic E-state index is 12.9. The standard InChI is InChI=1S/C21H29N3O5S/c1-3-28-19-8-10-20(11-9-19)30(26,27)24-14-12-23(13-15-24)21(25)22-17(2)6-7-18-5-4-16-29-18/h4-5,8-11,16-17H,3,6-7,12-15H2,1-2H3,(H,22,25). The molecule has 1 aliphatic heterocycles. The molecule has 2 heterocycles. The second-order valence-electron chi connectivity index (χ2n) is 7.26. The smallest absolute Gasteiger partial charge is 0.317 e. The Balaban J connectivity index is 1.48. The van der Waals surface area contributed by atoms with Gasteiger partial charge in [0, 0.05) is 38.6 Å². The predicted octanol–water partition coefficient (Wildman–Crippen LogP) is 2.72. The Bertz CT molecular complexity index is 905. The minimum absolute atomic E-state index is 0.00628. The number of urea groups is 1. The Morgan fingerprint density at radius 3 is 2.47 bits per heavy atom. The number of ether oxygens (including phenoxy) is 1. The van der Waals surface area contributed by atoms with Gasteiger partial charge < -0.3 is 19.4 Å². The third-order valence-corrected chi connectivity index (χ3v) is 6.98. The average Bonchev–Trinajstić information content (AvgIpc) is 3.27. The molecule has 0 radical (unpaired) electrons. The van der Waals surface area contributed by atoms with E-state index in [2.05, 4.69) is 5.32 Å². The van der Waals surface area contributed by atoms with Crippen molar-refractivity contribution < 1.29 is 22.4 Å². The lowest BCUT2D eigenvalue weighted by Crippen LogP contribution is -2.54. The molecule has 0 aliphatic carbocycles. The Morgan fingerprint density at radius 2 is 1.87 bits per heavy atom. The number of carbonyl (C=O) groups excluding carboxylic acids is 1. The van der Waals surface area contributed by atoms with Gasteiger partial charge in [-0.15, -0.1) is 0 Å². The zero-order valence-corrected chi connectivity index (χ0v) is 18.2. The number of hydrogen-bond acceptors (Lipinski definition) is 5. The van der Waals surface area contributed by atoms with Gasteiger partial charge in [-0.25, -0.2) is 13.2 Å². The fraction of sp³-hybridized carbons (Fsp3) is 0.476. The molecule has 1 atom stereocenters. The molecule has 0 saturated carbocycles. The van der Waals surface area contributed by atoms with Crippen LogP contribution in [0.5, 0.6) is 5.75 Å².